The van der Waals surface area contributed by atoms with Crippen molar-refractivity contribution in [3.05, 3.63) is 22.2 Å². The van der Waals surface area contributed by atoms with Gasteiger partial charge < -0.3 is 23.7 Å². The summed E-state index contributed by atoms with van der Waals surface area (Å²) in [5, 5.41) is 0. The number of benzene rings is 1. The van der Waals surface area contributed by atoms with Crippen LogP contribution in [0.2, 0.25) is 0 Å². The van der Waals surface area contributed by atoms with Gasteiger partial charge in [-0.1, -0.05) is 0 Å². The van der Waals surface area contributed by atoms with Crippen LogP contribution in [0.15, 0.2) is 16.6 Å². The van der Waals surface area contributed by atoms with Crippen molar-refractivity contribution >= 4 is 34.2 Å². The molecule has 1 aromatic carbocycles. The molecule has 0 saturated carbocycles. The molecule has 0 atom stereocenters. The molecule has 0 bridgehead atoms. The molecule has 1 rings (SSSR count). The van der Waals surface area contributed by atoms with Gasteiger partial charge in [-0.2, -0.15) is 0 Å². The Kier molecular flexibility index (Phi) is 7.93. The molecule has 0 spiro atoms. The van der Waals surface area contributed by atoms with E-state index >= 15 is 0 Å². The smallest absolute Gasteiger partial charge is 0.456 e. The van der Waals surface area contributed by atoms with Crippen LogP contribution in [0.1, 0.15) is 72.7 Å². The highest BCUT2D eigenvalue weighted by Gasteiger charge is 2.31. The van der Waals surface area contributed by atoms with Crippen molar-refractivity contribution < 1.29 is 38.1 Å². The van der Waals surface area contributed by atoms with Crippen molar-refractivity contribution in [1.29, 1.82) is 0 Å². The third-order valence-electron chi connectivity index (χ3n) is 2.83. The van der Waals surface area contributed by atoms with Crippen LogP contribution >= 0.6 is 15.9 Å². The Bertz CT molecular complexity index is 810. The second-order valence-electron chi connectivity index (χ2n) is 9.38. The Labute approximate surface area is 185 Å². The van der Waals surface area contributed by atoms with E-state index in [1.54, 1.807) is 62.3 Å². The van der Waals surface area contributed by atoms with Gasteiger partial charge in [-0.3, -0.25) is 0 Å². The molecule has 0 radical (unpaired) electrons. The van der Waals surface area contributed by atoms with Gasteiger partial charge in [-0.25, -0.2) is 14.4 Å². The summed E-state index contributed by atoms with van der Waals surface area (Å²) in [5.74, 6) is -1.26. The first kappa shape index (κ1) is 25.7. The Hall–Kier alpha value is -2.29. The molecule has 0 heterocycles. The molecule has 0 aliphatic rings. The molecule has 0 N–H and O–H groups in total. The summed E-state index contributed by atoms with van der Waals surface area (Å²) in [6.07, 6.45) is -2.07. The molecule has 0 amide bonds. The number of carbonyl (C=O) groups is 3. The van der Waals surface area contributed by atoms with E-state index in [4.69, 9.17) is 23.7 Å². The lowest BCUT2D eigenvalue weighted by Crippen LogP contribution is -2.29. The van der Waals surface area contributed by atoms with Crippen molar-refractivity contribution in [3.63, 3.8) is 0 Å². The zero-order valence-corrected chi connectivity index (χ0v) is 20.4. The van der Waals surface area contributed by atoms with Crippen LogP contribution in [-0.4, -0.2) is 35.1 Å². The number of rotatable bonds is 3. The van der Waals surface area contributed by atoms with Gasteiger partial charge in [0, 0.05) is 0 Å². The minimum atomic E-state index is -1.04. The number of esters is 1. The molecule has 0 fully saturated rings. The number of hydrogen-bond acceptors (Lipinski definition) is 8. The van der Waals surface area contributed by atoms with Crippen LogP contribution in [-0.2, 0) is 14.2 Å². The van der Waals surface area contributed by atoms with Gasteiger partial charge in [0.15, 0.2) is 11.5 Å². The molecule has 1 aromatic rings. The Morgan fingerprint density at radius 2 is 1.13 bits per heavy atom. The highest BCUT2D eigenvalue weighted by molar-refractivity contribution is 9.10. The second-order valence-corrected chi connectivity index (χ2v) is 10.2. The predicted molar refractivity (Wildman–Crippen MR) is 113 cm³/mol. The lowest BCUT2D eigenvalue weighted by Gasteiger charge is -2.23. The minimum Gasteiger partial charge on any atom is -0.456 e. The van der Waals surface area contributed by atoms with E-state index in [9.17, 15) is 14.4 Å². The fourth-order valence-electron chi connectivity index (χ4n) is 1.96. The standard InChI is InChI=1S/C21H29BrO8/c1-19(2,3)28-16(23)14-13(26-17(24)29-20(4,5)6)11-10-12(22)15(14)27-18(25)30-21(7,8)9/h10-11H,1-9H3. The van der Waals surface area contributed by atoms with Crippen LogP contribution < -0.4 is 9.47 Å². The van der Waals surface area contributed by atoms with Crippen LogP contribution in [0, 0.1) is 0 Å². The van der Waals surface area contributed by atoms with Crippen LogP contribution in [0.25, 0.3) is 0 Å². The van der Waals surface area contributed by atoms with E-state index in [1.807, 2.05) is 0 Å². The van der Waals surface area contributed by atoms with E-state index in [1.165, 1.54) is 12.1 Å². The first-order valence-corrected chi connectivity index (χ1v) is 10.0. The number of carbonyl (C=O) groups excluding carboxylic acids is 3. The van der Waals surface area contributed by atoms with E-state index in [2.05, 4.69) is 15.9 Å². The summed E-state index contributed by atoms with van der Waals surface area (Å²) in [6.45, 7) is 15.0. The first-order valence-electron chi connectivity index (χ1n) is 9.25. The van der Waals surface area contributed by atoms with Gasteiger partial charge in [-0.05, 0) is 90.4 Å². The van der Waals surface area contributed by atoms with Crippen molar-refractivity contribution in [2.45, 2.75) is 79.1 Å². The summed E-state index contributed by atoms with van der Waals surface area (Å²) in [4.78, 5) is 37.2. The Morgan fingerprint density at radius 3 is 1.57 bits per heavy atom. The largest absolute Gasteiger partial charge is 0.514 e. The molecule has 0 aliphatic carbocycles. The molecule has 0 aromatic heterocycles. The van der Waals surface area contributed by atoms with Crippen molar-refractivity contribution in [3.8, 4) is 11.5 Å². The number of halogens is 1. The maximum absolute atomic E-state index is 12.9. The van der Waals surface area contributed by atoms with E-state index in [0.29, 0.717) is 0 Å². The molecule has 30 heavy (non-hydrogen) atoms. The SMILES string of the molecule is CC(C)(C)OC(=O)Oc1ccc(Br)c(OC(=O)OC(C)(C)C)c1C(=O)OC(C)(C)C. The Morgan fingerprint density at radius 1 is 0.700 bits per heavy atom. The summed E-state index contributed by atoms with van der Waals surface area (Å²) in [6, 6.07) is 2.81. The van der Waals surface area contributed by atoms with Crippen molar-refractivity contribution in [2.75, 3.05) is 0 Å². The number of hydrogen-bond donors (Lipinski definition) is 0. The molecule has 9 heteroatoms. The molecule has 0 saturated heterocycles. The molecule has 168 valence electrons. The molecule has 8 nitrogen and oxygen atoms in total. The summed E-state index contributed by atoms with van der Waals surface area (Å²) in [5.41, 5.74) is -2.75. The monoisotopic (exact) mass is 488 g/mol. The van der Waals surface area contributed by atoms with Crippen LogP contribution in [0.4, 0.5) is 9.59 Å². The summed E-state index contributed by atoms with van der Waals surface area (Å²) >= 11 is 3.24. The van der Waals surface area contributed by atoms with Crippen LogP contribution in [0.5, 0.6) is 11.5 Å². The van der Waals surface area contributed by atoms with Gasteiger partial charge in [0.1, 0.15) is 22.4 Å². The van der Waals surface area contributed by atoms with E-state index in [0.717, 1.165) is 0 Å². The normalized spacial score (nSPS) is 12.1. The number of ether oxygens (including phenoxy) is 5. The maximum Gasteiger partial charge on any atom is 0.514 e. The van der Waals surface area contributed by atoms with Gasteiger partial charge in [0.25, 0.3) is 0 Å². The van der Waals surface area contributed by atoms with Crippen molar-refractivity contribution in [1.82, 2.24) is 0 Å². The fourth-order valence-corrected chi connectivity index (χ4v) is 2.37. The highest BCUT2D eigenvalue weighted by Crippen LogP contribution is 2.38. The maximum atomic E-state index is 12.9. The first-order chi connectivity index (χ1) is 13.4. The molecule has 0 aliphatic heterocycles. The van der Waals surface area contributed by atoms with Gasteiger partial charge >= 0.3 is 18.3 Å². The second kappa shape index (κ2) is 9.24. The topological polar surface area (TPSA) is 97.4 Å². The molecular formula is C21H29BrO8. The lowest BCUT2D eigenvalue weighted by molar-refractivity contribution is 0.00525. The summed E-state index contributed by atoms with van der Waals surface area (Å²) in [7, 11) is 0. The fraction of sp³-hybridized carbons (Fsp3) is 0.571. The third kappa shape index (κ3) is 9.02. The zero-order chi connectivity index (χ0) is 23.5. The van der Waals surface area contributed by atoms with Crippen LogP contribution in [0.3, 0.4) is 0 Å². The van der Waals surface area contributed by atoms with Gasteiger partial charge in [0.2, 0.25) is 0 Å². The third-order valence-corrected chi connectivity index (χ3v) is 3.46. The highest BCUT2D eigenvalue weighted by atomic mass is 79.9. The Balaban J connectivity index is 3.42. The van der Waals surface area contributed by atoms with Crippen molar-refractivity contribution in [2.24, 2.45) is 0 Å². The van der Waals surface area contributed by atoms with Gasteiger partial charge in [-0.15, -0.1) is 0 Å². The molecular weight excluding hydrogens is 460 g/mol. The quantitative estimate of drug-likeness (QED) is 0.288. The lowest BCUT2D eigenvalue weighted by atomic mass is 10.1. The van der Waals surface area contributed by atoms with E-state index in [-0.39, 0.29) is 21.5 Å². The summed E-state index contributed by atoms with van der Waals surface area (Å²) < 4.78 is 26.4. The molecule has 0 unspecified atom stereocenters. The predicted octanol–water partition coefficient (Wildman–Crippen LogP) is 6.03. The zero-order valence-electron chi connectivity index (χ0n) is 18.8. The average molecular weight is 489 g/mol. The minimum absolute atomic E-state index is 0.194. The van der Waals surface area contributed by atoms with Gasteiger partial charge in [0.05, 0.1) is 4.47 Å². The van der Waals surface area contributed by atoms with E-state index < -0.39 is 35.1 Å². The average Bonchev–Trinajstić information content (AvgIpc) is 2.44.